The van der Waals surface area contributed by atoms with E-state index in [1.165, 1.54) is 11.1 Å². The molecule has 2 unspecified atom stereocenters. The van der Waals surface area contributed by atoms with Gasteiger partial charge < -0.3 is 15.2 Å². The van der Waals surface area contributed by atoms with Crippen molar-refractivity contribution >= 4 is 0 Å². The standard InChI is InChI=1S/C18H21NO2/c1-12(15-9-8-14(21-2)11-18(15)20)19-17-10-7-13-5-3-4-6-16(13)17/h3-6,8-9,11-12,17,19-20H,7,10H2,1-2H3. The first-order valence-corrected chi connectivity index (χ1v) is 7.40. The van der Waals surface area contributed by atoms with Gasteiger partial charge in [0.15, 0.2) is 0 Å². The summed E-state index contributed by atoms with van der Waals surface area (Å²) >= 11 is 0. The van der Waals surface area contributed by atoms with Crippen LogP contribution in [0, 0.1) is 0 Å². The third-order valence-electron chi connectivity index (χ3n) is 4.29. The topological polar surface area (TPSA) is 41.5 Å². The molecule has 0 spiro atoms. The van der Waals surface area contributed by atoms with Gasteiger partial charge in [-0.05, 0) is 37.0 Å². The number of rotatable bonds is 4. The molecule has 0 heterocycles. The number of methoxy groups -OCH3 is 1. The van der Waals surface area contributed by atoms with Crippen molar-refractivity contribution in [3.63, 3.8) is 0 Å². The zero-order valence-corrected chi connectivity index (χ0v) is 12.5. The van der Waals surface area contributed by atoms with Crippen molar-refractivity contribution in [2.75, 3.05) is 7.11 Å². The van der Waals surface area contributed by atoms with Crippen LogP contribution in [0.1, 0.15) is 42.1 Å². The van der Waals surface area contributed by atoms with Crippen LogP contribution in [0.5, 0.6) is 11.5 Å². The molecule has 2 aromatic rings. The second-order valence-corrected chi connectivity index (χ2v) is 5.60. The van der Waals surface area contributed by atoms with Crippen molar-refractivity contribution in [2.24, 2.45) is 0 Å². The summed E-state index contributed by atoms with van der Waals surface area (Å²) in [5.74, 6) is 0.954. The number of hydrogen-bond acceptors (Lipinski definition) is 3. The predicted molar refractivity (Wildman–Crippen MR) is 83.7 cm³/mol. The molecule has 0 fully saturated rings. The average Bonchev–Trinajstić information content (AvgIpc) is 2.90. The van der Waals surface area contributed by atoms with Crippen molar-refractivity contribution in [3.05, 3.63) is 59.2 Å². The minimum absolute atomic E-state index is 0.0899. The molecular weight excluding hydrogens is 262 g/mol. The number of hydrogen-bond donors (Lipinski definition) is 2. The first kappa shape index (κ1) is 14.0. The molecule has 21 heavy (non-hydrogen) atoms. The van der Waals surface area contributed by atoms with Gasteiger partial charge in [-0.1, -0.05) is 30.3 Å². The fraction of sp³-hybridized carbons (Fsp3) is 0.333. The molecule has 3 nitrogen and oxygen atoms in total. The lowest BCUT2D eigenvalue weighted by Gasteiger charge is -2.21. The van der Waals surface area contributed by atoms with Gasteiger partial charge in [-0.2, -0.15) is 0 Å². The van der Waals surface area contributed by atoms with Crippen LogP contribution < -0.4 is 10.1 Å². The molecule has 0 bridgehead atoms. The number of phenols is 1. The Kier molecular flexibility index (Phi) is 3.84. The molecule has 3 heteroatoms. The lowest BCUT2D eigenvalue weighted by molar-refractivity contribution is 0.400. The molecule has 2 N–H and O–H groups in total. The summed E-state index contributed by atoms with van der Waals surface area (Å²) in [5, 5.41) is 13.8. The molecular formula is C18H21NO2. The normalized spacial score (nSPS) is 18.3. The molecule has 2 aromatic carbocycles. The van der Waals surface area contributed by atoms with E-state index in [0.717, 1.165) is 18.4 Å². The highest BCUT2D eigenvalue weighted by molar-refractivity contribution is 5.42. The fourth-order valence-corrected chi connectivity index (χ4v) is 3.14. The van der Waals surface area contributed by atoms with Gasteiger partial charge in [0, 0.05) is 23.7 Å². The Hall–Kier alpha value is -2.00. The van der Waals surface area contributed by atoms with Crippen LogP contribution in [0.15, 0.2) is 42.5 Å². The fourth-order valence-electron chi connectivity index (χ4n) is 3.14. The van der Waals surface area contributed by atoms with E-state index in [-0.39, 0.29) is 11.8 Å². The third-order valence-corrected chi connectivity index (χ3v) is 4.29. The second-order valence-electron chi connectivity index (χ2n) is 5.60. The highest BCUT2D eigenvalue weighted by atomic mass is 16.5. The Balaban J connectivity index is 1.77. The second kappa shape index (κ2) is 5.78. The maximum atomic E-state index is 10.1. The number of ether oxygens (including phenoxy) is 1. The lowest BCUT2D eigenvalue weighted by Crippen LogP contribution is -2.23. The first-order valence-electron chi connectivity index (χ1n) is 7.40. The molecule has 0 saturated heterocycles. The van der Waals surface area contributed by atoms with Crippen LogP contribution in [0.25, 0.3) is 0 Å². The molecule has 0 amide bonds. The molecule has 0 aromatic heterocycles. The zero-order valence-electron chi connectivity index (χ0n) is 12.5. The van der Waals surface area contributed by atoms with Gasteiger partial charge in [0.2, 0.25) is 0 Å². The largest absolute Gasteiger partial charge is 0.507 e. The molecule has 0 saturated carbocycles. The predicted octanol–water partition coefficient (Wildman–Crippen LogP) is 3.74. The van der Waals surface area contributed by atoms with Gasteiger partial charge in [-0.3, -0.25) is 0 Å². The number of benzene rings is 2. The zero-order chi connectivity index (χ0) is 14.8. The van der Waals surface area contributed by atoms with Gasteiger partial charge in [0.25, 0.3) is 0 Å². The van der Waals surface area contributed by atoms with Gasteiger partial charge in [0.1, 0.15) is 11.5 Å². The highest BCUT2D eigenvalue weighted by Crippen LogP contribution is 2.35. The summed E-state index contributed by atoms with van der Waals surface area (Å²) in [6, 6.07) is 14.5. The SMILES string of the molecule is COc1ccc(C(C)NC2CCc3ccccc32)c(O)c1. The Morgan fingerprint density at radius 2 is 2.05 bits per heavy atom. The average molecular weight is 283 g/mol. The molecule has 1 aliphatic rings. The summed E-state index contributed by atoms with van der Waals surface area (Å²) in [6.07, 6.45) is 2.23. The smallest absolute Gasteiger partial charge is 0.124 e. The minimum Gasteiger partial charge on any atom is -0.507 e. The van der Waals surface area contributed by atoms with E-state index in [4.69, 9.17) is 4.74 Å². The number of aromatic hydroxyl groups is 1. The Bertz CT molecular complexity index is 639. The summed E-state index contributed by atoms with van der Waals surface area (Å²) in [4.78, 5) is 0. The van der Waals surface area contributed by atoms with Crippen molar-refractivity contribution in [1.29, 1.82) is 0 Å². The molecule has 0 aliphatic heterocycles. The van der Waals surface area contributed by atoms with Gasteiger partial charge >= 0.3 is 0 Å². The van der Waals surface area contributed by atoms with Crippen molar-refractivity contribution in [2.45, 2.75) is 31.8 Å². The molecule has 3 rings (SSSR count). The summed E-state index contributed by atoms with van der Waals surface area (Å²) in [6.45, 7) is 2.09. The van der Waals surface area contributed by atoms with Crippen LogP contribution in [0.2, 0.25) is 0 Å². The lowest BCUT2D eigenvalue weighted by atomic mass is 10.0. The Labute approximate surface area is 125 Å². The maximum absolute atomic E-state index is 10.1. The van der Waals surface area contributed by atoms with Gasteiger partial charge in [-0.15, -0.1) is 0 Å². The summed E-state index contributed by atoms with van der Waals surface area (Å²) < 4.78 is 5.13. The number of phenolic OH excluding ortho intramolecular Hbond substituents is 1. The van der Waals surface area contributed by atoms with Crippen molar-refractivity contribution < 1.29 is 9.84 Å². The molecule has 1 aliphatic carbocycles. The van der Waals surface area contributed by atoms with E-state index in [1.807, 2.05) is 12.1 Å². The number of fused-ring (bicyclic) bond motifs is 1. The summed E-state index contributed by atoms with van der Waals surface area (Å²) in [7, 11) is 1.60. The van der Waals surface area contributed by atoms with E-state index < -0.39 is 0 Å². The number of aryl methyl sites for hydroxylation is 1. The van der Waals surface area contributed by atoms with E-state index >= 15 is 0 Å². The maximum Gasteiger partial charge on any atom is 0.124 e. The van der Waals surface area contributed by atoms with E-state index in [1.54, 1.807) is 13.2 Å². The minimum atomic E-state index is 0.0899. The Morgan fingerprint density at radius 3 is 2.81 bits per heavy atom. The Morgan fingerprint density at radius 1 is 1.24 bits per heavy atom. The third kappa shape index (κ3) is 2.74. The first-order chi connectivity index (χ1) is 10.2. The quantitative estimate of drug-likeness (QED) is 0.898. The van der Waals surface area contributed by atoms with Gasteiger partial charge in [0.05, 0.1) is 7.11 Å². The number of nitrogens with one attached hydrogen (secondary N) is 1. The molecule has 2 atom stereocenters. The van der Waals surface area contributed by atoms with E-state index in [9.17, 15) is 5.11 Å². The van der Waals surface area contributed by atoms with Crippen molar-refractivity contribution in [1.82, 2.24) is 5.32 Å². The van der Waals surface area contributed by atoms with Crippen LogP contribution in [-0.4, -0.2) is 12.2 Å². The van der Waals surface area contributed by atoms with Crippen LogP contribution in [0.4, 0.5) is 0 Å². The van der Waals surface area contributed by atoms with Crippen LogP contribution in [-0.2, 0) is 6.42 Å². The van der Waals surface area contributed by atoms with Crippen LogP contribution >= 0.6 is 0 Å². The molecule has 110 valence electrons. The van der Waals surface area contributed by atoms with E-state index in [2.05, 4.69) is 36.5 Å². The van der Waals surface area contributed by atoms with Gasteiger partial charge in [-0.25, -0.2) is 0 Å². The van der Waals surface area contributed by atoms with Crippen molar-refractivity contribution in [3.8, 4) is 11.5 Å². The van der Waals surface area contributed by atoms with Crippen LogP contribution in [0.3, 0.4) is 0 Å². The summed E-state index contributed by atoms with van der Waals surface area (Å²) in [5.41, 5.74) is 3.72. The van der Waals surface area contributed by atoms with E-state index in [0.29, 0.717) is 11.8 Å². The molecule has 0 radical (unpaired) electrons. The monoisotopic (exact) mass is 283 g/mol. The highest BCUT2D eigenvalue weighted by Gasteiger charge is 2.24.